The summed E-state index contributed by atoms with van der Waals surface area (Å²) < 4.78 is 13.3. The highest BCUT2D eigenvalue weighted by molar-refractivity contribution is 5.97. The van der Waals surface area contributed by atoms with Crippen molar-refractivity contribution in [2.45, 2.75) is 24.9 Å². The lowest BCUT2D eigenvalue weighted by Gasteiger charge is -2.47. The standard InChI is InChI=1S/C28H23FN4O4/c29-19-10-8-17(9-11-19)12-13-31-16-25(34)32-24(28(31)35)15-22-21-6-1-2-7-23(21)30-26(22)27(32)18-4-3-5-20(14-18)33(36)37/h1-11,14,24,27,30H,12-13,15-16H2. The number of aromatic amines is 1. The lowest BCUT2D eigenvalue weighted by Crippen LogP contribution is -2.63. The summed E-state index contributed by atoms with van der Waals surface area (Å²) in [5, 5.41) is 12.5. The molecule has 0 spiro atoms. The van der Waals surface area contributed by atoms with E-state index >= 15 is 0 Å². The predicted molar refractivity (Wildman–Crippen MR) is 134 cm³/mol. The number of amides is 2. The molecule has 186 valence electrons. The average Bonchev–Trinajstić information content (AvgIpc) is 3.28. The second-order valence-corrected chi connectivity index (χ2v) is 9.47. The number of para-hydroxylation sites is 1. The quantitative estimate of drug-likeness (QED) is 0.330. The van der Waals surface area contributed by atoms with Crippen molar-refractivity contribution in [3.8, 4) is 0 Å². The Morgan fingerprint density at radius 2 is 1.81 bits per heavy atom. The summed E-state index contributed by atoms with van der Waals surface area (Å²) in [7, 11) is 0. The molecule has 37 heavy (non-hydrogen) atoms. The molecule has 6 rings (SSSR count). The lowest BCUT2D eigenvalue weighted by molar-refractivity contribution is -0.384. The van der Waals surface area contributed by atoms with Gasteiger partial charge >= 0.3 is 0 Å². The number of rotatable bonds is 5. The van der Waals surface area contributed by atoms with Crippen LogP contribution in [0.4, 0.5) is 10.1 Å². The van der Waals surface area contributed by atoms with Crippen molar-refractivity contribution in [3.05, 3.63) is 111 Å². The maximum atomic E-state index is 13.8. The number of fused-ring (bicyclic) bond motifs is 4. The van der Waals surface area contributed by atoms with Gasteiger partial charge < -0.3 is 14.8 Å². The molecule has 0 saturated carbocycles. The van der Waals surface area contributed by atoms with Crippen LogP contribution in [0.25, 0.3) is 10.9 Å². The Bertz CT molecular complexity index is 1550. The van der Waals surface area contributed by atoms with Gasteiger partial charge in [-0.3, -0.25) is 19.7 Å². The van der Waals surface area contributed by atoms with Gasteiger partial charge in [0.05, 0.1) is 17.5 Å². The number of piperazine rings is 1. The second kappa shape index (κ2) is 8.85. The van der Waals surface area contributed by atoms with E-state index in [1.165, 1.54) is 24.3 Å². The number of hydrogen-bond acceptors (Lipinski definition) is 4. The van der Waals surface area contributed by atoms with Gasteiger partial charge in [0.25, 0.3) is 5.69 Å². The first-order valence-electron chi connectivity index (χ1n) is 12.1. The van der Waals surface area contributed by atoms with Crippen LogP contribution in [0.1, 0.15) is 28.4 Å². The van der Waals surface area contributed by atoms with Crippen LogP contribution < -0.4 is 0 Å². The molecule has 2 atom stereocenters. The van der Waals surface area contributed by atoms with Crippen molar-refractivity contribution in [2.24, 2.45) is 0 Å². The zero-order valence-corrected chi connectivity index (χ0v) is 19.8. The summed E-state index contributed by atoms with van der Waals surface area (Å²) in [6.45, 7) is 0.250. The van der Waals surface area contributed by atoms with E-state index in [2.05, 4.69) is 4.98 Å². The number of nitrogens with zero attached hydrogens (tertiary/aromatic N) is 3. The number of benzene rings is 3. The molecule has 1 fully saturated rings. The van der Waals surface area contributed by atoms with Gasteiger partial charge in [-0.05, 0) is 41.3 Å². The highest BCUT2D eigenvalue weighted by atomic mass is 19.1. The molecule has 4 aromatic rings. The molecule has 2 aliphatic rings. The van der Waals surface area contributed by atoms with E-state index in [0.717, 1.165) is 27.7 Å². The SMILES string of the molecule is O=C1C2Cc3c([nH]c4ccccc34)C(c3cccc([N+](=O)[O-])c3)N2C(=O)CN1CCc1ccc(F)cc1. The van der Waals surface area contributed by atoms with E-state index in [1.54, 1.807) is 34.1 Å². The highest BCUT2D eigenvalue weighted by Gasteiger charge is 2.48. The monoisotopic (exact) mass is 498 g/mol. The van der Waals surface area contributed by atoms with Crippen molar-refractivity contribution in [3.63, 3.8) is 0 Å². The van der Waals surface area contributed by atoms with Crippen LogP contribution in [0.3, 0.4) is 0 Å². The van der Waals surface area contributed by atoms with Crippen molar-refractivity contribution in [2.75, 3.05) is 13.1 Å². The third-order valence-electron chi connectivity index (χ3n) is 7.32. The maximum absolute atomic E-state index is 13.8. The molecule has 2 amide bonds. The summed E-state index contributed by atoms with van der Waals surface area (Å²) >= 11 is 0. The van der Waals surface area contributed by atoms with E-state index in [-0.39, 0.29) is 29.9 Å². The van der Waals surface area contributed by atoms with E-state index < -0.39 is 17.0 Å². The molecule has 0 aliphatic carbocycles. The minimum atomic E-state index is -0.731. The first kappa shape index (κ1) is 22.9. The first-order chi connectivity index (χ1) is 17.9. The smallest absolute Gasteiger partial charge is 0.269 e. The van der Waals surface area contributed by atoms with Crippen LogP contribution in [-0.4, -0.2) is 50.7 Å². The van der Waals surface area contributed by atoms with Gasteiger partial charge in [0, 0.05) is 41.7 Å². The minimum absolute atomic E-state index is 0.0750. The van der Waals surface area contributed by atoms with Crippen molar-refractivity contribution in [1.29, 1.82) is 0 Å². The third kappa shape index (κ3) is 3.92. The van der Waals surface area contributed by atoms with Gasteiger partial charge in [-0.15, -0.1) is 0 Å². The minimum Gasteiger partial charge on any atom is -0.356 e. The molecule has 2 unspecified atom stereocenters. The fourth-order valence-corrected chi connectivity index (χ4v) is 5.58. The van der Waals surface area contributed by atoms with Crippen molar-refractivity contribution in [1.82, 2.24) is 14.8 Å². The highest BCUT2D eigenvalue weighted by Crippen LogP contribution is 2.43. The Labute approximate surface area is 211 Å². The maximum Gasteiger partial charge on any atom is 0.269 e. The number of nitro benzene ring substituents is 1. The normalized spacial score (nSPS) is 19.2. The second-order valence-electron chi connectivity index (χ2n) is 9.47. The average molecular weight is 499 g/mol. The number of aromatic nitrogens is 1. The molecule has 8 nitrogen and oxygen atoms in total. The van der Waals surface area contributed by atoms with Crippen LogP contribution in [0.15, 0.2) is 72.8 Å². The van der Waals surface area contributed by atoms with Gasteiger partial charge in [-0.1, -0.05) is 42.5 Å². The number of carbonyl (C=O) groups excluding carboxylic acids is 2. The van der Waals surface area contributed by atoms with Crippen molar-refractivity contribution < 1.29 is 18.9 Å². The van der Waals surface area contributed by atoms with Crippen LogP contribution in [-0.2, 0) is 22.4 Å². The van der Waals surface area contributed by atoms with Crippen LogP contribution in [0.5, 0.6) is 0 Å². The number of halogens is 1. The fourth-order valence-electron chi connectivity index (χ4n) is 5.58. The largest absolute Gasteiger partial charge is 0.356 e. The van der Waals surface area contributed by atoms with E-state index in [0.29, 0.717) is 24.9 Å². The fraction of sp³-hybridized carbons (Fsp3) is 0.214. The van der Waals surface area contributed by atoms with Gasteiger partial charge in [-0.2, -0.15) is 0 Å². The number of hydrogen-bond donors (Lipinski definition) is 1. The number of non-ortho nitro benzene ring substituents is 1. The zero-order valence-electron chi connectivity index (χ0n) is 19.8. The number of carbonyl (C=O) groups is 2. The zero-order chi connectivity index (χ0) is 25.7. The molecular weight excluding hydrogens is 475 g/mol. The van der Waals surface area contributed by atoms with Crippen LogP contribution >= 0.6 is 0 Å². The number of nitro groups is 1. The first-order valence-corrected chi connectivity index (χ1v) is 12.1. The van der Waals surface area contributed by atoms with E-state index in [1.807, 2.05) is 24.3 Å². The molecule has 0 bridgehead atoms. The van der Waals surface area contributed by atoms with Gasteiger partial charge in [0.1, 0.15) is 11.9 Å². The Morgan fingerprint density at radius 3 is 2.59 bits per heavy atom. The molecule has 1 aromatic heterocycles. The molecule has 0 radical (unpaired) electrons. The summed E-state index contributed by atoms with van der Waals surface area (Å²) in [5.41, 5.74) is 3.98. The summed E-state index contributed by atoms with van der Waals surface area (Å²) in [4.78, 5) is 45.0. The summed E-state index contributed by atoms with van der Waals surface area (Å²) in [6, 6.07) is 18.7. The van der Waals surface area contributed by atoms with Gasteiger partial charge in [0.15, 0.2) is 0 Å². The van der Waals surface area contributed by atoms with Crippen LogP contribution in [0.2, 0.25) is 0 Å². The molecule has 1 N–H and O–H groups in total. The Balaban J connectivity index is 1.40. The molecule has 3 heterocycles. The number of nitrogens with one attached hydrogen (secondary N) is 1. The Hall–Kier alpha value is -4.53. The van der Waals surface area contributed by atoms with Crippen molar-refractivity contribution >= 4 is 28.4 Å². The molecule has 3 aromatic carbocycles. The topological polar surface area (TPSA) is 99.5 Å². The summed E-state index contributed by atoms with van der Waals surface area (Å²) in [5.74, 6) is -0.704. The third-order valence-corrected chi connectivity index (χ3v) is 7.32. The molecule has 1 saturated heterocycles. The van der Waals surface area contributed by atoms with E-state index in [9.17, 15) is 24.1 Å². The Morgan fingerprint density at radius 1 is 1.03 bits per heavy atom. The van der Waals surface area contributed by atoms with Gasteiger partial charge in [0.2, 0.25) is 11.8 Å². The Kier molecular flexibility index (Phi) is 5.48. The summed E-state index contributed by atoms with van der Waals surface area (Å²) in [6.07, 6.45) is 0.848. The molecule has 9 heteroatoms. The number of H-pyrrole nitrogens is 1. The lowest BCUT2D eigenvalue weighted by atomic mass is 9.86. The predicted octanol–water partition coefficient (Wildman–Crippen LogP) is 4.14. The molecule has 2 aliphatic heterocycles. The van der Waals surface area contributed by atoms with Gasteiger partial charge in [-0.25, -0.2) is 4.39 Å². The van der Waals surface area contributed by atoms with E-state index in [4.69, 9.17) is 0 Å². The van der Waals surface area contributed by atoms with Crippen LogP contribution in [0, 0.1) is 15.9 Å². The molecular formula is C28H23FN4O4.